The quantitative estimate of drug-likeness (QED) is 0.508. The first-order valence-electron chi connectivity index (χ1n) is 8.03. The van der Waals surface area contributed by atoms with E-state index in [0.29, 0.717) is 17.6 Å². The first-order chi connectivity index (χ1) is 11.3. The van der Waals surface area contributed by atoms with Gasteiger partial charge in [-0.15, -0.1) is 0 Å². The predicted octanol–water partition coefficient (Wildman–Crippen LogP) is 3.96. The third-order valence-corrected chi connectivity index (χ3v) is 3.77. The van der Waals surface area contributed by atoms with E-state index >= 15 is 0 Å². The van der Waals surface area contributed by atoms with Gasteiger partial charge in [0.05, 0.1) is 5.41 Å². The zero-order valence-corrected chi connectivity index (χ0v) is 14.8. The molecular formula is C20H26O4. The van der Waals surface area contributed by atoms with Crippen molar-refractivity contribution in [3.05, 3.63) is 60.2 Å². The summed E-state index contributed by atoms with van der Waals surface area (Å²) in [4.78, 5) is 23.7. The van der Waals surface area contributed by atoms with E-state index in [0.717, 1.165) is 12.0 Å². The fourth-order valence-electron chi connectivity index (χ4n) is 2.42. The van der Waals surface area contributed by atoms with E-state index in [1.165, 1.54) is 0 Å². The van der Waals surface area contributed by atoms with Crippen molar-refractivity contribution < 1.29 is 19.1 Å². The van der Waals surface area contributed by atoms with Crippen molar-refractivity contribution >= 4 is 11.9 Å². The van der Waals surface area contributed by atoms with Gasteiger partial charge in [0.15, 0.2) is 0 Å². The van der Waals surface area contributed by atoms with Gasteiger partial charge in [-0.25, -0.2) is 9.59 Å². The molecule has 130 valence electrons. The molecule has 0 saturated heterocycles. The van der Waals surface area contributed by atoms with Crippen molar-refractivity contribution in [1.82, 2.24) is 0 Å². The summed E-state index contributed by atoms with van der Waals surface area (Å²) in [5, 5.41) is 0. The van der Waals surface area contributed by atoms with Gasteiger partial charge >= 0.3 is 11.9 Å². The molecule has 0 N–H and O–H groups in total. The molecule has 0 fully saturated rings. The average Bonchev–Trinajstić information content (AvgIpc) is 2.57. The van der Waals surface area contributed by atoms with Gasteiger partial charge in [-0.05, 0) is 25.8 Å². The van der Waals surface area contributed by atoms with E-state index in [-0.39, 0.29) is 13.2 Å². The molecule has 0 atom stereocenters. The zero-order valence-electron chi connectivity index (χ0n) is 14.8. The summed E-state index contributed by atoms with van der Waals surface area (Å²) in [5.41, 5.74) is 1.06. The van der Waals surface area contributed by atoms with Crippen LogP contribution in [0.3, 0.4) is 0 Å². The molecule has 1 aromatic carbocycles. The highest BCUT2D eigenvalue weighted by molar-refractivity contribution is 5.87. The first-order valence-corrected chi connectivity index (χ1v) is 8.03. The highest BCUT2D eigenvalue weighted by atomic mass is 16.5. The molecule has 0 aliphatic heterocycles. The molecule has 1 rings (SSSR count). The third-order valence-electron chi connectivity index (χ3n) is 3.77. The Labute approximate surface area is 144 Å². The molecule has 4 heteroatoms. The molecule has 0 aliphatic carbocycles. The third kappa shape index (κ3) is 5.37. The van der Waals surface area contributed by atoms with Crippen LogP contribution in [0.2, 0.25) is 0 Å². The summed E-state index contributed by atoms with van der Waals surface area (Å²) in [6, 6.07) is 9.67. The van der Waals surface area contributed by atoms with Crippen LogP contribution in [-0.2, 0) is 24.5 Å². The molecule has 0 aromatic heterocycles. The van der Waals surface area contributed by atoms with E-state index < -0.39 is 17.4 Å². The van der Waals surface area contributed by atoms with Gasteiger partial charge in [0.1, 0.15) is 13.2 Å². The Hall–Kier alpha value is -2.36. The average molecular weight is 330 g/mol. The van der Waals surface area contributed by atoms with Crippen LogP contribution < -0.4 is 0 Å². The van der Waals surface area contributed by atoms with Gasteiger partial charge in [-0.3, -0.25) is 0 Å². The SMILES string of the molecule is C=C(C)C(=O)OCC(CCC)(COC(=O)C(=C)C)c1ccccc1. The Morgan fingerprint density at radius 2 is 1.42 bits per heavy atom. The Morgan fingerprint density at radius 3 is 1.79 bits per heavy atom. The van der Waals surface area contributed by atoms with Crippen LogP contribution in [0.5, 0.6) is 0 Å². The molecule has 1 aromatic rings. The lowest BCUT2D eigenvalue weighted by Crippen LogP contribution is -2.39. The van der Waals surface area contributed by atoms with Gasteiger partial charge < -0.3 is 9.47 Å². The number of carbonyl (C=O) groups is 2. The summed E-state index contributed by atoms with van der Waals surface area (Å²) in [6.45, 7) is 12.7. The van der Waals surface area contributed by atoms with E-state index in [2.05, 4.69) is 13.2 Å². The number of benzene rings is 1. The van der Waals surface area contributed by atoms with E-state index in [1.54, 1.807) is 13.8 Å². The van der Waals surface area contributed by atoms with Crippen LogP contribution in [0, 0.1) is 0 Å². The number of rotatable bonds is 9. The lowest BCUT2D eigenvalue weighted by molar-refractivity contribution is -0.145. The van der Waals surface area contributed by atoms with Crippen molar-refractivity contribution in [1.29, 1.82) is 0 Å². The van der Waals surface area contributed by atoms with Crippen LogP contribution in [-0.4, -0.2) is 25.2 Å². The number of ether oxygens (including phenoxy) is 2. The van der Waals surface area contributed by atoms with Crippen LogP contribution in [0.4, 0.5) is 0 Å². The van der Waals surface area contributed by atoms with Crippen molar-refractivity contribution in [3.63, 3.8) is 0 Å². The normalized spacial score (nSPS) is 10.8. The van der Waals surface area contributed by atoms with E-state index in [9.17, 15) is 9.59 Å². The Balaban J connectivity index is 3.09. The maximum atomic E-state index is 11.8. The molecule has 4 nitrogen and oxygen atoms in total. The fourth-order valence-corrected chi connectivity index (χ4v) is 2.42. The summed E-state index contributed by atoms with van der Waals surface area (Å²) in [5.74, 6) is -0.893. The van der Waals surface area contributed by atoms with Gasteiger partial charge in [0.25, 0.3) is 0 Å². The number of esters is 2. The molecule has 0 radical (unpaired) electrons. The zero-order chi connectivity index (χ0) is 18.2. The number of carbonyl (C=O) groups excluding carboxylic acids is 2. The second-order valence-electron chi connectivity index (χ2n) is 6.11. The minimum absolute atomic E-state index is 0.125. The monoisotopic (exact) mass is 330 g/mol. The highest BCUT2D eigenvalue weighted by Crippen LogP contribution is 2.31. The lowest BCUT2D eigenvalue weighted by atomic mass is 9.78. The Bertz CT molecular complexity index is 571. The van der Waals surface area contributed by atoms with Crippen LogP contribution in [0.25, 0.3) is 0 Å². The number of hydrogen-bond acceptors (Lipinski definition) is 4. The molecule has 0 bridgehead atoms. The topological polar surface area (TPSA) is 52.6 Å². The van der Waals surface area contributed by atoms with Crippen LogP contribution >= 0.6 is 0 Å². The lowest BCUT2D eigenvalue weighted by Gasteiger charge is -2.33. The smallest absolute Gasteiger partial charge is 0.333 e. The fraction of sp³-hybridized carbons (Fsp3) is 0.400. The predicted molar refractivity (Wildman–Crippen MR) is 94.6 cm³/mol. The van der Waals surface area contributed by atoms with Crippen molar-refractivity contribution in [2.24, 2.45) is 0 Å². The number of hydrogen-bond donors (Lipinski definition) is 0. The second-order valence-corrected chi connectivity index (χ2v) is 6.11. The Morgan fingerprint density at radius 1 is 0.958 bits per heavy atom. The molecule has 0 amide bonds. The first kappa shape index (κ1) is 19.7. The van der Waals surface area contributed by atoms with E-state index in [4.69, 9.17) is 9.47 Å². The molecule has 0 unspecified atom stereocenters. The second kappa shape index (κ2) is 9.06. The Kier molecular flexibility index (Phi) is 7.43. The minimum atomic E-state index is -0.591. The molecule has 24 heavy (non-hydrogen) atoms. The molecular weight excluding hydrogens is 304 g/mol. The maximum Gasteiger partial charge on any atom is 0.333 e. The standard InChI is InChI=1S/C20H26O4/c1-6-12-20(13-23-18(21)15(2)3,14-24-19(22)16(4)5)17-10-8-7-9-11-17/h7-11H,2,4,6,12-14H2,1,3,5H3. The molecule has 0 aliphatic rings. The van der Waals surface area contributed by atoms with Gasteiger partial charge in [-0.2, -0.15) is 0 Å². The summed E-state index contributed by atoms with van der Waals surface area (Å²) in [6.07, 6.45) is 1.56. The molecule has 0 saturated carbocycles. The van der Waals surface area contributed by atoms with Crippen LogP contribution in [0.1, 0.15) is 39.2 Å². The van der Waals surface area contributed by atoms with Crippen LogP contribution in [0.15, 0.2) is 54.6 Å². The summed E-state index contributed by atoms with van der Waals surface area (Å²) < 4.78 is 10.8. The minimum Gasteiger partial charge on any atom is -0.461 e. The van der Waals surface area contributed by atoms with Gasteiger partial charge in [0, 0.05) is 11.1 Å². The van der Waals surface area contributed by atoms with Crippen molar-refractivity contribution in [3.8, 4) is 0 Å². The maximum absolute atomic E-state index is 11.8. The summed E-state index contributed by atoms with van der Waals surface area (Å²) >= 11 is 0. The van der Waals surface area contributed by atoms with Gasteiger partial charge in [-0.1, -0.05) is 56.8 Å². The highest BCUT2D eigenvalue weighted by Gasteiger charge is 2.35. The molecule has 0 heterocycles. The van der Waals surface area contributed by atoms with E-state index in [1.807, 2.05) is 37.3 Å². The molecule has 0 spiro atoms. The van der Waals surface area contributed by atoms with Crippen molar-refractivity contribution in [2.45, 2.75) is 39.0 Å². The van der Waals surface area contributed by atoms with Crippen molar-refractivity contribution in [2.75, 3.05) is 13.2 Å². The largest absolute Gasteiger partial charge is 0.461 e. The van der Waals surface area contributed by atoms with Gasteiger partial charge in [0.2, 0.25) is 0 Å². The summed E-state index contributed by atoms with van der Waals surface area (Å²) in [7, 11) is 0.